The smallest absolute Gasteiger partial charge is 0.161 e. The highest BCUT2D eigenvalue weighted by atomic mass is 16.5. The number of hydrogen-bond donors (Lipinski definition) is 1. The number of methoxy groups -OCH3 is 2. The molecule has 1 aliphatic rings. The van der Waals surface area contributed by atoms with Crippen molar-refractivity contribution >= 4 is 0 Å². The van der Waals surface area contributed by atoms with Crippen LogP contribution in [0.15, 0.2) is 30.9 Å². The van der Waals surface area contributed by atoms with Crippen molar-refractivity contribution in [3.63, 3.8) is 0 Å². The molecule has 0 radical (unpaired) electrons. The molecular weight excluding hydrogens is 292 g/mol. The number of nitrogens with one attached hydrogen (secondary N) is 1. The maximum atomic E-state index is 5.40. The fourth-order valence-corrected chi connectivity index (χ4v) is 2.80. The first-order chi connectivity index (χ1) is 11.3. The van der Waals surface area contributed by atoms with Gasteiger partial charge in [0.25, 0.3) is 0 Å². The standard InChI is InChI=1S/C18H28N2O3/c1-4-5-16(19-8-9-20-10-12-23-13-11-20)15-6-7-17(21-2)18(14-15)22-3/h4,6-7,14,16,19H,1,5,8-13H2,2-3H3. The summed E-state index contributed by atoms with van der Waals surface area (Å²) in [5, 5.41) is 3.62. The summed E-state index contributed by atoms with van der Waals surface area (Å²) in [6.45, 7) is 9.56. The predicted molar refractivity (Wildman–Crippen MR) is 92.4 cm³/mol. The Morgan fingerprint density at radius 2 is 2.00 bits per heavy atom. The lowest BCUT2D eigenvalue weighted by molar-refractivity contribution is 0.0381. The van der Waals surface area contributed by atoms with Crippen LogP contribution in [-0.2, 0) is 4.74 Å². The number of hydrogen-bond acceptors (Lipinski definition) is 5. The van der Waals surface area contributed by atoms with Crippen molar-refractivity contribution in [2.45, 2.75) is 12.5 Å². The van der Waals surface area contributed by atoms with Gasteiger partial charge in [-0.1, -0.05) is 12.1 Å². The van der Waals surface area contributed by atoms with Crippen LogP contribution >= 0.6 is 0 Å². The van der Waals surface area contributed by atoms with E-state index in [9.17, 15) is 0 Å². The van der Waals surface area contributed by atoms with Crippen molar-refractivity contribution in [1.82, 2.24) is 10.2 Å². The van der Waals surface area contributed by atoms with Gasteiger partial charge in [-0.15, -0.1) is 6.58 Å². The zero-order chi connectivity index (χ0) is 16.5. The number of ether oxygens (including phenoxy) is 3. The maximum absolute atomic E-state index is 5.40. The zero-order valence-corrected chi connectivity index (χ0v) is 14.2. The summed E-state index contributed by atoms with van der Waals surface area (Å²) in [6.07, 6.45) is 2.82. The van der Waals surface area contributed by atoms with E-state index >= 15 is 0 Å². The normalized spacial score (nSPS) is 16.8. The van der Waals surface area contributed by atoms with E-state index in [1.807, 2.05) is 18.2 Å². The van der Waals surface area contributed by atoms with E-state index in [0.29, 0.717) is 0 Å². The van der Waals surface area contributed by atoms with Gasteiger partial charge in [0.15, 0.2) is 11.5 Å². The molecule has 1 aliphatic heterocycles. The summed E-state index contributed by atoms with van der Waals surface area (Å²) in [6, 6.07) is 6.30. The van der Waals surface area contributed by atoms with E-state index in [-0.39, 0.29) is 6.04 Å². The summed E-state index contributed by atoms with van der Waals surface area (Å²) in [5.74, 6) is 1.51. The molecule has 0 bridgehead atoms. The van der Waals surface area contributed by atoms with Crippen LogP contribution in [0.25, 0.3) is 0 Å². The molecule has 2 rings (SSSR count). The summed E-state index contributed by atoms with van der Waals surface area (Å²) < 4.78 is 16.1. The summed E-state index contributed by atoms with van der Waals surface area (Å²) >= 11 is 0. The minimum absolute atomic E-state index is 0.230. The molecule has 5 nitrogen and oxygen atoms in total. The van der Waals surface area contributed by atoms with Gasteiger partial charge in [-0.3, -0.25) is 4.90 Å². The maximum Gasteiger partial charge on any atom is 0.161 e. The van der Waals surface area contributed by atoms with Crippen molar-refractivity contribution in [3.8, 4) is 11.5 Å². The number of rotatable bonds is 9. The molecule has 23 heavy (non-hydrogen) atoms. The molecule has 1 fully saturated rings. The van der Waals surface area contributed by atoms with Crippen LogP contribution in [0.1, 0.15) is 18.0 Å². The first-order valence-electron chi connectivity index (χ1n) is 8.14. The Hall–Kier alpha value is -1.56. The molecule has 1 saturated heterocycles. The monoisotopic (exact) mass is 320 g/mol. The third-order valence-electron chi connectivity index (χ3n) is 4.13. The van der Waals surface area contributed by atoms with Gasteiger partial charge >= 0.3 is 0 Å². The first-order valence-corrected chi connectivity index (χ1v) is 8.14. The molecule has 0 aliphatic carbocycles. The molecular formula is C18H28N2O3. The van der Waals surface area contributed by atoms with Gasteiger partial charge < -0.3 is 19.5 Å². The third kappa shape index (κ3) is 5.23. The van der Waals surface area contributed by atoms with Gasteiger partial charge in [0.05, 0.1) is 27.4 Å². The largest absolute Gasteiger partial charge is 0.493 e. The van der Waals surface area contributed by atoms with Crippen molar-refractivity contribution in [2.24, 2.45) is 0 Å². The third-order valence-corrected chi connectivity index (χ3v) is 4.13. The molecule has 1 heterocycles. The summed E-state index contributed by atoms with van der Waals surface area (Å²) in [4.78, 5) is 2.43. The van der Waals surface area contributed by atoms with Gasteiger partial charge in [0, 0.05) is 32.2 Å². The Bertz CT molecular complexity index is 487. The van der Waals surface area contributed by atoms with Gasteiger partial charge in [-0.2, -0.15) is 0 Å². The van der Waals surface area contributed by atoms with Gasteiger partial charge in [0.2, 0.25) is 0 Å². The van der Waals surface area contributed by atoms with E-state index in [4.69, 9.17) is 14.2 Å². The Labute approximate surface area is 139 Å². The molecule has 1 atom stereocenters. The van der Waals surface area contributed by atoms with Crippen LogP contribution in [0, 0.1) is 0 Å². The Morgan fingerprint density at radius 1 is 1.26 bits per heavy atom. The number of morpholine rings is 1. The average Bonchev–Trinajstić information content (AvgIpc) is 2.61. The van der Waals surface area contributed by atoms with Crippen LogP contribution in [0.4, 0.5) is 0 Å². The minimum Gasteiger partial charge on any atom is -0.493 e. The van der Waals surface area contributed by atoms with Crippen LogP contribution < -0.4 is 14.8 Å². The van der Waals surface area contributed by atoms with Crippen molar-refractivity contribution in [1.29, 1.82) is 0 Å². The molecule has 1 unspecified atom stereocenters. The lowest BCUT2D eigenvalue weighted by Crippen LogP contribution is -2.40. The number of nitrogens with zero attached hydrogens (tertiary/aromatic N) is 1. The number of benzene rings is 1. The molecule has 0 saturated carbocycles. The Balaban J connectivity index is 1.95. The second-order valence-corrected chi connectivity index (χ2v) is 5.60. The highest BCUT2D eigenvalue weighted by Crippen LogP contribution is 2.30. The van der Waals surface area contributed by atoms with Crippen LogP contribution in [0.5, 0.6) is 11.5 Å². The highest BCUT2D eigenvalue weighted by Gasteiger charge is 2.14. The van der Waals surface area contributed by atoms with Crippen LogP contribution in [-0.4, -0.2) is 58.5 Å². The second-order valence-electron chi connectivity index (χ2n) is 5.60. The Morgan fingerprint density at radius 3 is 2.65 bits per heavy atom. The van der Waals surface area contributed by atoms with Crippen molar-refractivity contribution in [3.05, 3.63) is 36.4 Å². The molecule has 0 aromatic heterocycles. The van der Waals surface area contributed by atoms with E-state index < -0.39 is 0 Å². The molecule has 128 valence electrons. The average molecular weight is 320 g/mol. The van der Waals surface area contributed by atoms with Crippen molar-refractivity contribution < 1.29 is 14.2 Å². The Kier molecular flexibility index (Phi) is 7.39. The first kappa shape index (κ1) is 17.8. The van der Waals surface area contributed by atoms with Crippen LogP contribution in [0.3, 0.4) is 0 Å². The van der Waals surface area contributed by atoms with E-state index in [2.05, 4.69) is 22.9 Å². The second kappa shape index (κ2) is 9.55. The zero-order valence-electron chi connectivity index (χ0n) is 14.2. The lowest BCUT2D eigenvalue weighted by atomic mass is 10.0. The van der Waals surface area contributed by atoms with Gasteiger partial charge in [-0.25, -0.2) is 0 Å². The van der Waals surface area contributed by atoms with Gasteiger partial charge in [-0.05, 0) is 24.1 Å². The molecule has 0 amide bonds. The molecule has 1 N–H and O–H groups in total. The quantitative estimate of drug-likeness (QED) is 0.707. The predicted octanol–water partition coefficient (Wildman–Crippen LogP) is 2.24. The van der Waals surface area contributed by atoms with Crippen molar-refractivity contribution in [2.75, 3.05) is 53.6 Å². The minimum atomic E-state index is 0.230. The molecule has 5 heteroatoms. The SMILES string of the molecule is C=CCC(NCCN1CCOCC1)c1ccc(OC)c(OC)c1. The molecule has 1 aromatic carbocycles. The van der Waals surface area contributed by atoms with E-state index in [0.717, 1.165) is 57.3 Å². The molecule has 1 aromatic rings. The van der Waals surface area contributed by atoms with E-state index in [1.54, 1.807) is 14.2 Å². The summed E-state index contributed by atoms with van der Waals surface area (Å²) in [7, 11) is 3.31. The van der Waals surface area contributed by atoms with E-state index in [1.165, 1.54) is 5.56 Å². The fraction of sp³-hybridized carbons (Fsp3) is 0.556. The highest BCUT2D eigenvalue weighted by molar-refractivity contribution is 5.43. The van der Waals surface area contributed by atoms with Crippen LogP contribution in [0.2, 0.25) is 0 Å². The fourth-order valence-electron chi connectivity index (χ4n) is 2.80. The summed E-state index contributed by atoms with van der Waals surface area (Å²) in [5.41, 5.74) is 1.18. The van der Waals surface area contributed by atoms with Gasteiger partial charge in [0.1, 0.15) is 0 Å². The molecule has 0 spiro atoms. The lowest BCUT2D eigenvalue weighted by Gasteiger charge is -2.27. The topological polar surface area (TPSA) is 43.0 Å².